The number of amides is 1. The van der Waals surface area contributed by atoms with E-state index in [0.29, 0.717) is 31.0 Å². The van der Waals surface area contributed by atoms with Gasteiger partial charge in [0.05, 0.1) is 5.56 Å². The lowest BCUT2D eigenvalue weighted by molar-refractivity contribution is -0.132. The van der Waals surface area contributed by atoms with Crippen molar-refractivity contribution in [1.82, 2.24) is 15.1 Å². The number of nitrogens with zero attached hydrogens (tertiary/aromatic N) is 3. The maximum atomic E-state index is 13.8. The number of halogens is 1. The zero-order chi connectivity index (χ0) is 16.2. The molecule has 2 heterocycles. The summed E-state index contributed by atoms with van der Waals surface area (Å²) < 4.78 is 19.4. The van der Waals surface area contributed by atoms with Crippen molar-refractivity contribution in [2.24, 2.45) is 0 Å². The minimum absolute atomic E-state index is 0.133. The van der Waals surface area contributed by atoms with E-state index in [1.165, 1.54) is 6.07 Å². The van der Waals surface area contributed by atoms with Crippen molar-refractivity contribution in [3.8, 4) is 11.5 Å². The SMILES string of the molecule is CCCC(=O)N1CCC(c2nnc(-c3ccccc3F)o2)CC1. The molecule has 0 atom stereocenters. The Morgan fingerprint density at radius 3 is 2.74 bits per heavy atom. The molecule has 5 nitrogen and oxygen atoms in total. The molecule has 122 valence electrons. The van der Waals surface area contributed by atoms with Gasteiger partial charge in [0.25, 0.3) is 5.89 Å². The van der Waals surface area contributed by atoms with Crippen LogP contribution in [0.5, 0.6) is 0 Å². The minimum Gasteiger partial charge on any atom is -0.420 e. The van der Waals surface area contributed by atoms with Gasteiger partial charge in [0.2, 0.25) is 11.8 Å². The summed E-state index contributed by atoms with van der Waals surface area (Å²) >= 11 is 0. The molecule has 1 amide bonds. The van der Waals surface area contributed by atoms with Crippen LogP contribution in [0, 0.1) is 5.82 Å². The van der Waals surface area contributed by atoms with E-state index < -0.39 is 0 Å². The largest absolute Gasteiger partial charge is 0.420 e. The number of hydrogen-bond donors (Lipinski definition) is 0. The molecular formula is C17H20FN3O2. The maximum absolute atomic E-state index is 13.8. The van der Waals surface area contributed by atoms with Crippen LogP contribution in [0.15, 0.2) is 28.7 Å². The molecule has 1 fully saturated rings. The third-order valence-corrected chi connectivity index (χ3v) is 4.21. The van der Waals surface area contributed by atoms with Crippen LogP contribution in [-0.2, 0) is 4.79 Å². The lowest BCUT2D eigenvalue weighted by Crippen LogP contribution is -2.37. The maximum Gasteiger partial charge on any atom is 0.250 e. The number of rotatable bonds is 4. The summed E-state index contributed by atoms with van der Waals surface area (Å²) in [5.41, 5.74) is 0.321. The summed E-state index contributed by atoms with van der Waals surface area (Å²) in [4.78, 5) is 13.8. The molecule has 0 aliphatic carbocycles. The Morgan fingerprint density at radius 1 is 1.30 bits per heavy atom. The van der Waals surface area contributed by atoms with Crippen LogP contribution in [0.1, 0.15) is 44.4 Å². The molecule has 0 spiro atoms. The Labute approximate surface area is 134 Å². The highest BCUT2D eigenvalue weighted by molar-refractivity contribution is 5.76. The molecule has 1 saturated heterocycles. The molecular weight excluding hydrogens is 297 g/mol. The van der Waals surface area contributed by atoms with Crippen LogP contribution in [-0.4, -0.2) is 34.1 Å². The summed E-state index contributed by atoms with van der Waals surface area (Å²) in [5, 5.41) is 8.05. The standard InChI is InChI=1S/C17H20FN3O2/c1-2-5-15(22)21-10-8-12(9-11-21)16-19-20-17(23-16)13-6-3-4-7-14(13)18/h3-4,6-7,12H,2,5,8-11H2,1H3. The third kappa shape index (κ3) is 3.41. The number of likely N-dealkylation sites (tertiary alicyclic amines) is 1. The molecule has 1 aromatic carbocycles. The Kier molecular flexibility index (Phi) is 4.69. The number of hydrogen-bond acceptors (Lipinski definition) is 4. The van der Waals surface area contributed by atoms with Gasteiger partial charge in [0, 0.05) is 25.4 Å². The highest BCUT2D eigenvalue weighted by Crippen LogP contribution is 2.30. The molecule has 6 heteroatoms. The van der Waals surface area contributed by atoms with Gasteiger partial charge >= 0.3 is 0 Å². The monoisotopic (exact) mass is 317 g/mol. The van der Waals surface area contributed by atoms with Crippen molar-refractivity contribution in [2.75, 3.05) is 13.1 Å². The fraction of sp³-hybridized carbons (Fsp3) is 0.471. The average molecular weight is 317 g/mol. The Hall–Kier alpha value is -2.24. The second-order valence-corrected chi connectivity index (χ2v) is 5.83. The molecule has 0 saturated carbocycles. The summed E-state index contributed by atoms with van der Waals surface area (Å²) in [6.07, 6.45) is 3.07. The van der Waals surface area contributed by atoms with Gasteiger partial charge < -0.3 is 9.32 Å². The number of piperidine rings is 1. The van der Waals surface area contributed by atoms with Gasteiger partial charge in [0.15, 0.2) is 0 Å². The van der Waals surface area contributed by atoms with E-state index in [9.17, 15) is 9.18 Å². The van der Waals surface area contributed by atoms with E-state index in [-0.39, 0.29) is 23.5 Å². The molecule has 0 bridgehead atoms. The van der Waals surface area contributed by atoms with Gasteiger partial charge in [-0.05, 0) is 31.4 Å². The summed E-state index contributed by atoms with van der Waals surface area (Å²) in [5.74, 6) is 0.716. The number of carbonyl (C=O) groups excluding carboxylic acids is 1. The van der Waals surface area contributed by atoms with Crippen LogP contribution in [0.4, 0.5) is 4.39 Å². The highest BCUT2D eigenvalue weighted by Gasteiger charge is 2.27. The number of aromatic nitrogens is 2. The van der Waals surface area contributed by atoms with Crippen LogP contribution < -0.4 is 0 Å². The topological polar surface area (TPSA) is 59.2 Å². The molecule has 0 unspecified atom stereocenters. The van der Waals surface area contributed by atoms with Gasteiger partial charge in [0.1, 0.15) is 5.82 Å². The number of carbonyl (C=O) groups is 1. The van der Waals surface area contributed by atoms with Gasteiger partial charge in [-0.1, -0.05) is 19.1 Å². The fourth-order valence-electron chi connectivity index (χ4n) is 2.89. The summed E-state index contributed by atoms with van der Waals surface area (Å²) in [6, 6.07) is 6.36. The summed E-state index contributed by atoms with van der Waals surface area (Å²) in [6.45, 7) is 3.43. The van der Waals surface area contributed by atoms with Crippen molar-refractivity contribution in [3.05, 3.63) is 36.0 Å². The average Bonchev–Trinajstić information content (AvgIpc) is 3.05. The van der Waals surface area contributed by atoms with E-state index in [2.05, 4.69) is 10.2 Å². The van der Waals surface area contributed by atoms with Crippen molar-refractivity contribution >= 4 is 5.91 Å². The molecule has 1 aliphatic heterocycles. The molecule has 3 rings (SSSR count). The second-order valence-electron chi connectivity index (χ2n) is 5.83. The molecule has 0 N–H and O–H groups in total. The lowest BCUT2D eigenvalue weighted by Gasteiger charge is -2.30. The molecule has 23 heavy (non-hydrogen) atoms. The smallest absolute Gasteiger partial charge is 0.250 e. The van der Waals surface area contributed by atoms with Crippen molar-refractivity contribution in [2.45, 2.75) is 38.5 Å². The van der Waals surface area contributed by atoms with Crippen molar-refractivity contribution in [1.29, 1.82) is 0 Å². The molecule has 0 radical (unpaired) electrons. The predicted octanol–water partition coefficient (Wildman–Crippen LogP) is 3.38. The predicted molar refractivity (Wildman–Crippen MR) is 83.2 cm³/mol. The molecule has 1 aliphatic rings. The zero-order valence-corrected chi connectivity index (χ0v) is 13.2. The normalized spacial score (nSPS) is 15.8. The van der Waals surface area contributed by atoms with Crippen molar-refractivity contribution in [3.63, 3.8) is 0 Å². The molecule has 2 aromatic rings. The van der Waals surface area contributed by atoms with Gasteiger partial charge in [-0.25, -0.2) is 4.39 Å². The zero-order valence-electron chi connectivity index (χ0n) is 13.2. The Bertz CT molecular complexity index is 678. The first kappa shape index (κ1) is 15.6. The summed E-state index contributed by atoms with van der Waals surface area (Å²) in [7, 11) is 0. The lowest BCUT2D eigenvalue weighted by atomic mass is 9.96. The Morgan fingerprint density at radius 2 is 2.04 bits per heavy atom. The van der Waals surface area contributed by atoms with E-state index in [0.717, 1.165) is 19.3 Å². The second kappa shape index (κ2) is 6.89. The van der Waals surface area contributed by atoms with Gasteiger partial charge in [-0.15, -0.1) is 10.2 Å². The van der Waals surface area contributed by atoms with E-state index in [1.807, 2.05) is 11.8 Å². The highest BCUT2D eigenvalue weighted by atomic mass is 19.1. The van der Waals surface area contributed by atoms with Crippen LogP contribution >= 0.6 is 0 Å². The first-order valence-electron chi connectivity index (χ1n) is 8.05. The first-order valence-corrected chi connectivity index (χ1v) is 8.05. The Balaban J connectivity index is 1.66. The van der Waals surface area contributed by atoms with E-state index in [4.69, 9.17) is 4.42 Å². The third-order valence-electron chi connectivity index (χ3n) is 4.21. The van der Waals surface area contributed by atoms with E-state index >= 15 is 0 Å². The first-order chi connectivity index (χ1) is 11.2. The fourth-order valence-corrected chi connectivity index (χ4v) is 2.89. The van der Waals surface area contributed by atoms with Crippen molar-refractivity contribution < 1.29 is 13.6 Å². The number of benzene rings is 1. The minimum atomic E-state index is -0.373. The van der Waals surface area contributed by atoms with E-state index in [1.54, 1.807) is 18.2 Å². The van der Waals surface area contributed by atoms with Gasteiger partial charge in [-0.3, -0.25) is 4.79 Å². The molecule has 1 aromatic heterocycles. The van der Waals surface area contributed by atoms with Crippen LogP contribution in [0.25, 0.3) is 11.5 Å². The van der Waals surface area contributed by atoms with Gasteiger partial charge in [-0.2, -0.15) is 0 Å². The quantitative estimate of drug-likeness (QED) is 0.867. The van der Waals surface area contributed by atoms with Crippen LogP contribution in [0.2, 0.25) is 0 Å². The van der Waals surface area contributed by atoms with Crippen LogP contribution in [0.3, 0.4) is 0 Å².